The topological polar surface area (TPSA) is 54.0 Å². The highest BCUT2D eigenvalue weighted by Crippen LogP contribution is 2.56. The first-order valence-corrected chi connectivity index (χ1v) is 9.59. The van der Waals surface area contributed by atoms with Crippen molar-refractivity contribution >= 4 is 17.4 Å². The molecule has 3 aliphatic carbocycles. The maximum absolute atomic E-state index is 12.0. The van der Waals surface area contributed by atoms with E-state index in [0.29, 0.717) is 18.0 Å². The van der Waals surface area contributed by atoms with Crippen LogP contribution in [0.25, 0.3) is 0 Å². The minimum Gasteiger partial charge on any atom is -0.338 e. The van der Waals surface area contributed by atoms with E-state index in [0.717, 1.165) is 12.8 Å². The minimum atomic E-state index is 0.0107. The summed E-state index contributed by atoms with van der Waals surface area (Å²) in [5.41, 5.74) is 1.77. The summed E-state index contributed by atoms with van der Waals surface area (Å²) in [5.74, 6) is 0. The van der Waals surface area contributed by atoms with E-state index in [2.05, 4.69) is 15.6 Å². The van der Waals surface area contributed by atoms with Crippen molar-refractivity contribution in [3.8, 4) is 0 Å². The van der Waals surface area contributed by atoms with Gasteiger partial charge >= 0.3 is 6.03 Å². The molecule has 1 spiro atoms. The number of carbonyl (C=O) groups is 1. The van der Waals surface area contributed by atoms with Crippen LogP contribution >= 0.6 is 11.3 Å². The maximum Gasteiger partial charge on any atom is 0.315 e. The van der Waals surface area contributed by atoms with Crippen molar-refractivity contribution in [3.05, 3.63) is 15.6 Å². The van der Waals surface area contributed by atoms with E-state index in [1.807, 2.05) is 11.3 Å². The molecular weight excluding hydrogens is 294 g/mol. The zero-order chi connectivity index (χ0) is 15.0. The minimum absolute atomic E-state index is 0.0107. The summed E-state index contributed by atoms with van der Waals surface area (Å²) in [5, 5.41) is 7.36. The van der Waals surface area contributed by atoms with Gasteiger partial charge in [-0.2, -0.15) is 0 Å². The van der Waals surface area contributed by atoms with Crippen LogP contribution in [0, 0.1) is 5.41 Å². The van der Waals surface area contributed by atoms with Gasteiger partial charge in [-0.15, -0.1) is 11.3 Å². The summed E-state index contributed by atoms with van der Waals surface area (Å²) in [7, 11) is 0. The largest absolute Gasteiger partial charge is 0.338 e. The van der Waals surface area contributed by atoms with E-state index in [4.69, 9.17) is 0 Å². The van der Waals surface area contributed by atoms with Crippen LogP contribution in [-0.4, -0.2) is 23.6 Å². The molecule has 4 rings (SSSR count). The lowest BCUT2D eigenvalue weighted by atomic mass is 9.86. The Morgan fingerprint density at radius 3 is 2.91 bits per heavy atom. The molecule has 0 bridgehead atoms. The fraction of sp³-hybridized carbons (Fsp3) is 0.765. The van der Waals surface area contributed by atoms with Crippen LogP contribution in [0.2, 0.25) is 0 Å². The monoisotopic (exact) mass is 319 g/mol. The molecule has 120 valence electrons. The number of hydrogen-bond donors (Lipinski definition) is 2. The zero-order valence-corrected chi connectivity index (χ0v) is 13.9. The summed E-state index contributed by atoms with van der Waals surface area (Å²) in [6.45, 7) is 0.692. The molecule has 0 aliphatic heterocycles. The molecule has 1 aromatic rings. The number of thiazole rings is 1. The van der Waals surface area contributed by atoms with Gasteiger partial charge < -0.3 is 10.6 Å². The second kappa shape index (κ2) is 5.84. The normalized spacial score (nSPS) is 25.0. The van der Waals surface area contributed by atoms with Crippen LogP contribution in [-0.2, 0) is 19.3 Å². The van der Waals surface area contributed by atoms with Gasteiger partial charge in [0.15, 0.2) is 0 Å². The molecule has 2 saturated carbocycles. The number of nitrogens with one attached hydrogen (secondary N) is 2. The van der Waals surface area contributed by atoms with Gasteiger partial charge in [0.2, 0.25) is 0 Å². The number of nitrogens with zero attached hydrogens (tertiary/aromatic N) is 1. The molecule has 3 aliphatic rings. The highest BCUT2D eigenvalue weighted by Gasteiger charge is 2.54. The van der Waals surface area contributed by atoms with Gasteiger partial charge in [0.1, 0.15) is 0 Å². The first-order valence-electron chi connectivity index (χ1n) is 8.77. The van der Waals surface area contributed by atoms with Crippen LogP contribution in [0.1, 0.15) is 60.5 Å². The second-order valence-electron chi connectivity index (χ2n) is 7.16. The lowest BCUT2D eigenvalue weighted by Crippen LogP contribution is -2.39. The number of urea groups is 1. The molecule has 1 atom stereocenters. The summed E-state index contributed by atoms with van der Waals surface area (Å²) >= 11 is 1.83. The fourth-order valence-electron chi connectivity index (χ4n) is 4.20. The predicted octanol–water partition coefficient (Wildman–Crippen LogP) is 3.20. The Kier molecular flexibility index (Phi) is 3.84. The lowest BCUT2D eigenvalue weighted by molar-refractivity contribution is 0.236. The van der Waals surface area contributed by atoms with Gasteiger partial charge in [-0.1, -0.05) is 19.3 Å². The van der Waals surface area contributed by atoms with E-state index >= 15 is 0 Å². The van der Waals surface area contributed by atoms with E-state index in [1.54, 1.807) is 0 Å². The number of rotatable bonds is 4. The molecule has 2 amide bonds. The Morgan fingerprint density at radius 1 is 1.23 bits per heavy atom. The first kappa shape index (κ1) is 14.5. The summed E-state index contributed by atoms with van der Waals surface area (Å²) in [6, 6.07) is 0.438. The third kappa shape index (κ3) is 2.87. The molecule has 2 fully saturated rings. The van der Waals surface area contributed by atoms with E-state index in [1.165, 1.54) is 66.9 Å². The van der Waals surface area contributed by atoms with Crippen LogP contribution < -0.4 is 10.6 Å². The maximum atomic E-state index is 12.0. The van der Waals surface area contributed by atoms with Crippen molar-refractivity contribution in [2.45, 2.75) is 70.3 Å². The van der Waals surface area contributed by atoms with Gasteiger partial charge in [0, 0.05) is 23.9 Å². The Balaban J connectivity index is 1.19. The van der Waals surface area contributed by atoms with Crippen LogP contribution in [0.3, 0.4) is 0 Å². The molecule has 22 heavy (non-hydrogen) atoms. The highest BCUT2D eigenvalue weighted by molar-refractivity contribution is 7.11. The summed E-state index contributed by atoms with van der Waals surface area (Å²) < 4.78 is 0. The molecule has 0 radical (unpaired) electrons. The Labute approximate surface area is 136 Å². The molecule has 0 aromatic carbocycles. The first-order chi connectivity index (χ1) is 10.8. The van der Waals surface area contributed by atoms with Gasteiger partial charge in [0.25, 0.3) is 0 Å². The van der Waals surface area contributed by atoms with E-state index in [-0.39, 0.29) is 6.03 Å². The Bertz CT molecular complexity index is 541. The van der Waals surface area contributed by atoms with Crippen molar-refractivity contribution in [3.63, 3.8) is 0 Å². The molecular formula is C17H25N3OS. The van der Waals surface area contributed by atoms with Gasteiger partial charge in [-0.3, -0.25) is 0 Å². The third-order valence-corrected chi connectivity index (χ3v) is 6.83. The van der Waals surface area contributed by atoms with Crippen LogP contribution in [0.15, 0.2) is 0 Å². The van der Waals surface area contributed by atoms with Crippen LogP contribution in [0.5, 0.6) is 0 Å². The quantitative estimate of drug-likeness (QED) is 0.895. The fourth-order valence-corrected chi connectivity index (χ4v) is 5.36. The summed E-state index contributed by atoms with van der Waals surface area (Å²) in [6.07, 6.45) is 12.3. The van der Waals surface area contributed by atoms with Crippen molar-refractivity contribution in [1.29, 1.82) is 0 Å². The highest BCUT2D eigenvalue weighted by atomic mass is 32.1. The molecule has 5 heteroatoms. The van der Waals surface area contributed by atoms with Gasteiger partial charge in [0.05, 0.1) is 10.7 Å². The summed E-state index contributed by atoms with van der Waals surface area (Å²) in [4.78, 5) is 18.2. The number of aromatic nitrogens is 1. The number of aryl methyl sites for hydroxylation is 2. The Hall–Kier alpha value is -1.10. The average molecular weight is 319 g/mol. The molecule has 1 unspecified atom stereocenters. The molecule has 1 heterocycles. The SMILES string of the molecule is O=C(NCCc1nc2c(s1)CCC2)NC1CC12CCCCC2. The van der Waals surface area contributed by atoms with Gasteiger partial charge in [-0.05, 0) is 43.9 Å². The molecule has 0 saturated heterocycles. The molecule has 1 aromatic heterocycles. The second-order valence-corrected chi connectivity index (χ2v) is 8.33. The lowest BCUT2D eigenvalue weighted by Gasteiger charge is -2.22. The number of fused-ring (bicyclic) bond motifs is 1. The average Bonchev–Trinajstić information content (AvgIpc) is 2.87. The van der Waals surface area contributed by atoms with Crippen molar-refractivity contribution in [1.82, 2.24) is 15.6 Å². The number of amides is 2. The molecule has 2 N–H and O–H groups in total. The smallest absolute Gasteiger partial charge is 0.315 e. The Morgan fingerprint density at radius 2 is 2.09 bits per heavy atom. The van der Waals surface area contributed by atoms with Crippen LogP contribution in [0.4, 0.5) is 4.79 Å². The van der Waals surface area contributed by atoms with Crippen molar-refractivity contribution < 1.29 is 4.79 Å². The third-order valence-electron chi connectivity index (χ3n) is 5.61. The number of carbonyl (C=O) groups excluding carboxylic acids is 1. The van der Waals surface area contributed by atoms with Crippen molar-refractivity contribution in [2.24, 2.45) is 5.41 Å². The molecule has 4 nitrogen and oxygen atoms in total. The predicted molar refractivity (Wildman–Crippen MR) is 88.3 cm³/mol. The van der Waals surface area contributed by atoms with Crippen molar-refractivity contribution in [2.75, 3.05) is 6.54 Å². The standard InChI is InChI=1S/C17H25N3OS/c21-16(20-14-11-17(14)8-2-1-3-9-17)18-10-7-15-19-12-5-4-6-13(12)22-15/h14H,1-11H2,(H2,18,20,21). The van der Waals surface area contributed by atoms with E-state index in [9.17, 15) is 4.79 Å². The zero-order valence-electron chi connectivity index (χ0n) is 13.1. The van der Waals surface area contributed by atoms with Gasteiger partial charge in [-0.25, -0.2) is 9.78 Å². The van der Waals surface area contributed by atoms with E-state index < -0.39 is 0 Å². The number of hydrogen-bond acceptors (Lipinski definition) is 3.